The van der Waals surface area contributed by atoms with Gasteiger partial charge in [0.1, 0.15) is 11.6 Å². The third-order valence-electron chi connectivity index (χ3n) is 4.09. The Morgan fingerprint density at radius 3 is 2.77 bits per heavy atom. The quantitative estimate of drug-likeness (QED) is 0.823. The summed E-state index contributed by atoms with van der Waals surface area (Å²) in [7, 11) is 0. The number of carbonyl (C=O) groups is 2. The fourth-order valence-electron chi connectivity index (χ4n) is 2.77. The van der Waals surface area contributed by atoms with Gasteiger partial charge in [0.2, 0.25) is 5.91 Å². The van der Waals surface area contributed by atoms with Crippen LogP contribution in [-0.4, -0.2) is 28.9 Å². The molecule has 0 spiro atoms. The molecule has 0 bridgehead atoms. The SMILES string of the molecule is Cc1ccc2c(c1)N(CCC(=O)Nc1ccc(Br)cn1)C(=O)C(C)(C)O2. The van der Waals surface area contributed by atoms with Gasteiger partial charge >= 0.3 is 0 Å². The predicted octanol–water partition coefficient (Wildman–Crippen LogP) is 3.69. The normalized spacial score (nSPS) is 15.2. The maximum Gasteiger partial charge on any atom is 0.270 e. The number of halogens is 1. The largest absolute Gasteiger partial charge is 0.476 e. The van der Waals surface area contributed by atoms with Gasteiger partial charge in [-0.2, -0.15) is 0 Å². The van der Waals surface area contributed by atoms with Gasteiger partial charge in [0.25, 0.3) is 5.91 Å². The summed E-state index contributed by atoms with van der Waals surface area (Å²) in [4.78, 5) is 30.8. The first-order valence-corrected chi connectivity index (χ1v) is 9.08. The lowest BCUT2D eigenvalue weighted by atomic mass is 10.0. The van der Waals surface area contributed by atoms with Crippen LogP contribution in [0.25, 0.3) is 0 Å². The number of fused-ring (bicyclic) bond motifs is 1. The number of aromatic nitrogens is 1. The molecule has 1 aliphatic heterocycles. The van der Waals surface area contributed by atoms with Gasteiger partial charge in [-0.25, -0.2) is 4.98 Å². The molecule has 26 heavy (non-hydrogen) atoms. The molecule has 0 saturated heterocycles. The maximum absolute atomic E-state index is 12.8. The molecule has 136 valence electrons. The van der Waals surface area contributed by atoms with Crippen LogP contribution >= 0.6 is 15.9 Å². The zero-order valence-corrected chi connectivity index (χ0v) is 16.5. The average Bonchev–Trinajstić information content (AvgIpc) is 2.58. The molecule has 3 rings (SSSR count). The number of nitrogens with zero attached hydrogens (tertiary/aromatic N) is 2. The Bertz CT molecular complexity index is 850. The minimum absolute atomic E-state index is 0.160. The number of amides is 2. The van der Waals surface area contributed by atoms with Gasteiger partial charge in [0, 0.05) is 23.6 Å². The highest BCUT2D eigenvalue weighted by Gasteiger charge is 2.40. The number of hydrogen-bond acceptors (Lipinski definition) is 4. The van der Waals surface area contributed by atoms with Crippen molar-refractivity contribution in [1.29, 1.82) is 0 Å². The number of rotatable bonds is 4. The highest BCUT2D eigenvalue weighted by atomic mass is 79.9. The van der Waals surface area contributed by atoms with Crippen molar-refractivity contribution in [2.24, 2.45) is 0 Å². The summed E-state index contributed by atoms with van der Waals surface area (Å²) in [6.45, 7) is 5.69. The van der Waals surface area contributed by atoms with E-state index in [9.17, 15) is 9.59 Å². The smallest absolute Gasteiger partial charge is 0.270 e. The number of benzene rings is 1. The topological polar surface area (TPSA) is 71.5 Å². The first-order chi connectivity index (χ1) is 12.3. The molecule has 1 aliphatic rings. The van der Waals surface area contributed by atoms with Crippen LogP contribution in [0.15, 0.2) is 41.0 Å². The summed E-state index contributed by atoms with van der Waals surface area (Å²) in [6.07, 6.45) is 1.77. The third kappa shape index (κ3) is 3.88. The van der Waals surface area contributed by atoms with E-state index in [4.69, 9.17) is 4.74 Å². The third-order valence-corrected chi connectivity index (χ3v) is 4.56. The number of aryl methyl sites for hydroxylation is 1. The zero-order chi connectivity index (χ0) is 18.9. The zero-order valence-electron chi connectivity index (χ0n) is 14.9. The van der Waals surface area contributed by atoms with E-state index in [1.807, 2.05) is 25.1 Å². The van der Waals surface area contributed by atoms with Crippen molar-refractivity contribution < 1.29 is 14.3 Å². The molecule has 1 aromatic heterocycles. The Balaban J connectivity index is 1.73. The van der Waals surface area contributed by atoms with Crippen molar-refractivity contribution in [2.75, 3.05) is 16.8 Å². The molecule has 6 nitrogen and oxygen atoms in total. The summed E-state index contributed by atoms with van der Waals surface area (Å²) in [5, 5.41) is 2.74. The highest BCUT2D eigenvalue weighted by molar-refractivity contribution is 9.10. The molecule has 2 aromatic rings. The number of pyridine rings is 1. The van der Waals surface area contributed by atoms with Crippen LogP contribution in [0.5, 0.6) is 5.75 Å². The van der Waals surface area contributed by atoms with Crippen LogP contribution in [-0.2, 0) is 9.59 Å². The first kappa shape index (κ1) is 18.4. The van der Waals surface area contributed by atoms with Gasteiger partial charge in [-0.05, 0) is 66.5 Å². The number of ether oxygens (including phenoxy) is 1. The summed E-state index contributed by atoms with van der Waals surface area (Å²) >= 11 is 3.30. The molecular weight excluding hydrogens is 398 g/mol. The van der Waals surface area contributed by atoms with Crippen molar-refractivity contribution in [2.45, 2.75) is 32.8 Å². The minimum atomic E-state index is -0.966. The molecular formula is C19H20BrN3O3. The van der Waals surface area contributed by atoms with Gasteiger partial charge in [-0.1, -0.05) is 6.07 Å². The van der Waals surface area contributed by atoms with Gasteiger partial charge in [0.05, 0.1) is 5.69 Å². The number of nitrogens with one attached hydrogen (secondary N) is 1. The lowest BCUT2D eigenvalue weighted by Crippen LogP contribution is -2.53. The number of carbonyl (C=O) groups excluding carboxylic acids is 2. The Morgan fingerprint density at radius 2 is 2.08 bits per heavy atom. The summed E-state index contributed by atoms with van der Waals surface area (Å²) < 4.78 is 6.66. The van der Waals surface area contributed by atoms with Crippen LogP contribution in [0.1, 0.15) is 25.8 Å². The second kappa shape index (κ2) is 7.07. The van der Waals surface area contributed by atoms with Crippen molar-refractivity contribution in [3.05, 3.63) is 46.6 Å². The van der Waals surface area contributed by atoms with E-state index in [0.29, 0.717) is 17.3 Å². The molecule has 2 amide bonds. The molecule has 0 atom stereocenters. The van der Waals surface area contributed by atoms with Gasteiger partial charge in [-0.3, -0.25) is 9.59 Å². The fraction of sp³-hybridized carbons (Fsp3) is 0.316. The Kier molecular flexibility index (Phi) is 5.00. The highest BCUT2D eigenvalue weighted by Crippen LogP contribution is 2.38. The first-order valence-electron chi connectivity index (χ1n) is 8.29. The van der Waals surface area contributed by atoms with Gasteiger partial charge < -0.3 is 15.0 Å². The standard InChI is InChI=1S/C19H20BrN3O3/c1-12-4-6-15-14(10-12)23(18(25)19(2,3)26-15)9-8-17(24)22-16-7-5-13(20)11-21-16/h4-7,10-11H,8-9H2,1-3H3,(H,21,22,24). The molecule has 7 heteroatoms. The summed E-state index contributed by atoms with van der Waals surface area (Å²) in [5.74, 6) is 0.759. The number of anilines is 2. The second-order valence-electron chi connectivity index (χ2n) is 6.70. The minimum Gasteiger partial charge on any atom is -0.476 e. The van der Waals surface area contributed by atoms with E-state index in [1.165, 1.54) is 0 Å². The maximum atomic E-state index is 12.8. The Morgan fingerprint density at radius 1 is 1.31 bits per heavy atom. The lowest BCUT2D eigenvalue weighted by Gasteiger charge is -2.38. The van der Waals surface area contributed by atoms with Crippen LogP contribution in [0.2, 0.25) is 0 Å². The van der Waals surface area contributed by atoms with E-state index in [2.05, 4.69) is 26.2 Å². The van der Waals surface area contributed by atoms with Crippen molar-refractivity contribution >= 4 is 39.2 Å². The van der Waals surface area contributed by atoms with Crippen molar-refractivity contribution in [1.82, 2.24) is 4.98 Å². The van der Waals surface area contributed by atoms with Crippen molar-refractivity contribution in [3.8, 4) is 5.75 Å². The van der Waals surface area contributed by atoms with Gasteiger partial charge in [0.15, 0.2) is 5.60 Å². The van der Waals surface area contributed by atoms with Crippen LogP contribution in [0, 0.1) is 6.92 Å². The van der Waals surface area contributed by atoms with E-state index >= 15 is 0 Å². The molecule has 0 fully saturated rings. The van der Waals surface area contributed by atoms with E-state index in [1.54, 1.807) is 37.1 Å². The number of hydrogen-bond donors (Lipinski definition) is 1. The predicted molar refractivity (Wildman–Crippen MR) is 103 cm³/mol. The van der Waals surface area contributed by atoms with Crippen LogP contribution in [0.4, 0.5) is 11.5 Å². The molecule has 2 heterocycles. The fourth-order valence-corrected chi connectivity index (χ4v) is 3.00. The Labute approximate surface area is 160 Å². The summed E-state index contributed by atoms with van der Waals surface area (Å²) in [6, 6.07) is 9.21. The van der Waals surface area contributed by atoms with Crippen molar-refractivity contribution in [3.63, 3.8) is 0 Å². The summed E-state index contributed by atoms with van der Waals surface area (Å²) in [5.41, 5.74) is 0.753. The Hall–Kier alpha value is -2.41. The average molecular weight is 418 g/mol. The lowest BCUT2D eigenvalue weighted by molar-refractivity contribution is -0.132. The van der Waals surface area contributed by atoms with E-state index < -0.39 is 5.60 Å². The van der Waals surface area contributed by atoms with E-state index in [-0.39, 0.29) is 24.8 Å². The molecule has 0 saturated carbocycles. The molecule has 1 aromatic carbocycles. The molecule has 0 radical (unpaired) electrons. The van der Waals surface area contributed by atoms with Crippen LogP contribution < -0.4 is 15.0 Å². The molecule has 1 N–H and O–H groups in total. The van der Waals surface area contributed by atoms with E-state index in [0.717, 1.165) is 10.0 Å². The second-order valence-corrected chi connectivity index (χ2v) is 7.62. The molecule has 0 aliphatic carbocycles. The monoisotopic (exact) mass is 417 g/mol. The van der Waals surface area contributed by atoms with Gasteiger partial charge in [-0.15, -0.1) is 0 Å². The van der Waals surface area contributed by atoms with Crippen LogP contribution in [0.3, 0.4) is 0 Å². The molecule has 0 unspecified atom stereocenters.